The molecule has 0 fully saturated rings. The zero-order chi connectivity index (χ0) is 69.3. The van der Waals surface area contributed by atoms with E-state index in [1.54, 1.807) is 0 Å². The second-order valence-corrected chi connectivity index (χ2v) is 26.8. The summed E-state index contributed by atoms with van der Waals surface area (Å²) >= 11 is 0. The van der Waals surface area contributed by atoms with Crippen molar-refractivity contribution < 1.29 is 19.1 Å². The van der Waals surface area contributed by atoms with Crippen molar-refractivity contribution in [2.75, 3.05) is 13.2 Å². The fraction of sp³-hybridized carbons (Fsp3) is 0.398. The number of aromatic nitrogens is 10. The average Bonchev–Trinajstić information content (AvgIpc) is 1.61. The van der Waals surface area contributed by atoms with Crippen LogP contribution in [0.4, 0.5) is 0 Å². The molecule has 8 aromatic heterocycles. The van der Waals surface area contributed by atoms with Crippen molar-refractivity contribution in [2.45, 2.75) is 209 Å². The largest absolute Gasteiger partial charge is 0.462 e. The molecule has 0 saturated carbocycles. The lowest BCUT2D eigenvalue weighted by molar-refractivity contribution is 0.0516. The molecule has 0 spiro atoms. The van der Waals surface area contributed by atoms with Crippen LogP contribution in [0.2, 0.25) is 0 Å². The van der Waals surface area contributed by atoms with Crippen LogP contribution in [0.15, 0.2) is 36.4 Å². The van der Waals surface area contributed by atoms with Gasteiger partial charge in [-0.3, -0.25) is 0 Å². The van der Waals surface area contributed by atoms with Crippen molar-refractivity contribution in [1.29, 1.82) is 0 Å². The molecule has 4 aliphatic heterocycles. The molecule has 97 heavy (non-hydrogen) atoms. The van der Waals surface area contributed by atoms with Crippen molar-refractivity contribution >= 4 is 101 Å². The molecule has 12 rings (SSSR count). The number of rotatable bonds is 18. The Hall–Kier alpha value is -9.30. The Morgan fingerprint density at radius 2 is 0.598 bits per heavy atom. The normalized spacial score (nSPS) is 13.4. The summed E-state index contributed by atoms with van der Waals surface area (Å²) in [7, 11) is 0. The van der Waals surface area contributed by atoms with Gasteiger partial charge >= 0.3 is 11.9 Å². The Morgan fingerprint density at radius 3 is 0.907 bits per heavy atom. The summed E-state index contributed by atoms with van der Waals surface area (Å²) in [5, 5.41) is 0. The van der Waals surface area contributed by atoms with E-state index in [0.717, 1.165) is 208 Å². The van der Waals surface area contributed by atoms with Gasteiger partial charge in [0.25, 0.3) is 0 Å². The highest BCUT2D eigenvalue weighted by Crippen LogP contribution is 2.44. The van der Waals surface area contributed by atoms with Crippen LogP contribution in [0.1, 0.15) is 278 Å². The van der Waals surface area contributed by atoms with Gasteiger partial charge in [0.05, 0.1) is 69.9 Å². The average molecular weight is 1300 g/mol. The number of ether oxygens (including phenoxy) is 2. The van der Waals surface area contributed by atoms with Crippen molar-refractivity contribution in [2.24, 2.45) is 0 Å². The van der Waals surface area contributed by atoms with Gasteiger partial charge in [0.15, 0.2) is 0 Å². The lowest BCUT2D eigenvalue weighted by atomic mass is 9.93. The lowest BCUT2D eigenvalue weighted by Crippen LogP contribution is -2.11. The summed E-state index contributed by atoms with van der Waals surface area (Å²) in [4.78, 5) is 75.4. The fourth-order valence-electron chi connectivity index (χ4n) is 16.3. The molecule has 0 aromatic carbocycles. The number of fused-ring (bicyclic) bond motifs is 16. The van der Waals surface area contributed by atoms with Crippen molar-refractivity contribution in [3.05, 3.63) is 183 Å². The number of H-pyrrole nitrogens is 6. The van der Waals surface area contributed by atoms with Gasteiger partial charge in [0.2, 0.25) is 0 Å². The molecule has 16 bridgehead atoms. The van der Waals surface area contributed by atoms with E-state index in [9.17, 15) is 9.59 Å². The molecule has 8 aromatic rings. The first-order valence-electron chi connectivity index (χ1n) is 35.7. The summed E-state index contributed by atoms with van der Waals surface area (Å²) in [5.41, 5.74) is 42.1. The van der Waals surface area contributed by atoms with Gasteiger partial charge in [0, 0.05) is 97.3 Å². The highest BCUT2D eigenvalue weighted by atomic mass is 16.5. The van der Waals surface area contributed by atoms with E-state index in [0.29, 0.717) is 35.4 Å². The first-order valence-corrected chi connectivity index (χ1v) is 35.7. The van der Waals surface area contributed by atoms with E-state index in [2.05, 4.69) is 177 Å². The number of aromatic amines is 6. The van der Waals surface area contributed by atoms with Gasteiger partial charge in [-0.05, 0) is 271 Å². The molecular weight excluding hydrogens is 1200 g/mol. The SMILES string of the molecule is CCOC(=O)c1c(Cc2[nH]c(Cc3c4nc(cc5[nH]c(cc6[nH]c(cc7nc3C(CC)=C7C)c(CC)c6C)c(CC)c5C)C(CC)=C4C)c(C)c2C(=O)OCC)[nH]c(Cc2c3nc(cc4[nH]c(cc5[nH]c(cc6nc2C(CC)=C6C)c(CC)c5C)c(CC)c4C)C(CC)=C3C)c1C. The number of allylic oxidation sites excluding steroid dienone is 8. The first-order chi connectivity index (χ1) is 46.6. The maximum atomic E-state index is 14.8. The van der Waals surface area contributed by atoms with Crippen LogP contribution in [-0.4, -0.2) is 75.0 Å². The summed E-state index contributed by atoms with van der Waals surface area (Å²) in [6.45, 7) is 43.4. The van der Waals surface area contributed by atoms with Crippen LogP contribution in [0.3, 0.4) is 0 Å². The van der Waals surface area contributed by atoms with Crippen LogP contribution >= 0.6 is 0 Å². The molecule has 6 N–H and O–H groups in total. The summed E-state index contributed by atoms with van der Waals surface area (Å²) in [6, 6.07) is 13.5. The second-order valence-electron chi connectivity index (χ2n) is 26.8. The highest BCUT2D eigenvalue weighted by molar-refractivity contribution is 6.00. The number of carbonyl (C=O) groups excluding carboxylic acids is 2. The maximum Gasteiger partial charge on any atom is 0.340 e. The Balaban J connectivity index is 1.08. The number of nitrogens with one attached hydrogen (secondary N) is 6. The number of hydrogen-bond donors (Lipinski definition) is 6. The number of esters is 2. The van der Waals surface area contributed by atoms with E-state index in [4.69, 9.17) is 29.4 Å². The van der Waals surface area contributed by atoms with E-state index < -0.39 is 11.9 Å². The zero-order valence-electron chi connectivity index (χ0n) is 61.1. The van der Waals surface area contributed by atoms with Gasteiger partial charge in [-0.25, -0.2) is 29.5 Å². The Morgan fingerprint density at radius 1 is 0.299 bits per heavy atom. The number of hydrogen-bond acceptors (Lipinski definition) is 8. The van der Waals surface area contributed by atoms with Crippen LogP contribution in [0.25, 0.3) is 88.7 Å². The van der Waals surface area contributed by atoms with Gasteiger partial charge < -0.3 is 39.4 Å². The standard InChI is InChI=1S/C83H98N10O4/c1-21-50-42(13)64-35-72-54(25-5)46(17)78(92-72)58(80-56(27-7)44(15)66(90-80)37-70-52(23-3)40(11)62(84-70)33-68(50)86-64)31-60-48(19)76(82(94)96-29-9)74(88-60)39-75-77(83(95)97-30-10)49(20)61(89-75)32-59-79-47(18)55(26-6)73(93-79)36-65-43(14)51(22-2)69(87-65)34-63-41(12)53(24-4)71(85-63)38-67-45(16)57(28-8)81(59)91-67/h33-38,84-89H,21-32,39H2,1-20H3. The van der Waals surface area contributed by atoms with Crippen LogP contribution in [0, 0.1) is 41.5 Å². The number of aryl methyl sites for hydroxylation is 8. The molecule has 14 heteroatoms. The van der Waals surface area contributed by atoms with Gasteiger partial charge in [-0.1, -0.05) is 55.4 Å². The number of nitrogens with zero attached hydrogens (tertiary/aromatic N) is 4. The van der Waals surface area contributed by atoms with Crippen LogP contribution in [0.5, 0.6) is 0 Å². The van der Waals surface area contributed by atoms with Crippen molar-refractivity contribution in [3.8, 4) is 0 Å². The van der Waals surface area contributed by atoms with Gasteiger partial charge in [-0.2, -0.15) is 0 Å². The minimum Gasteiger partial charge on any atom is -0.462 e. The van der Waals surface area contributed by atoms with Gasteiger partial charge in [0.1, 0.15) is 0 Å². The molecule has 4 aliphatic rings. The summed E-state index contributed by atoms with van der Waals surface area (Å²) in [5.74, 6) is -0.885. The van der Waals surface area contributed by atoms with Crippen molar-refractivity contribution in [1.82, 2.24) is 49.8 Å². The Kier molecular flexibility index (Phi) is 18.8. The third-order valence-electron chi connectivity index (χ3n) is 21.8. The molecular formula is C83H98N10O4. The molecule has 504 valence electrons. The lowest BCUT2D eigenvalue weighted by Gasteiger charge is -2.11. The van der Waals surface area contributed by atoms with E-state index >= 15 is 0 Å². The first kappa shape index (κ1) is 67.7. The number of carbonyl (C=O) groups is 2. The minimum atomic E-state index is -0.442. The Bertz CT molecular complexity index is 4800. The monoisotopic (exact) mass is 1300 g/mol. The summed E-state index contributed by atoms with van der Waals surface area (Å²) < 4.78 is 12.0. The molecule has 14 nitrogen and oxygen atoms in total. The van der Waals surface area contributed by atoms with E-state index in [1.807, 2.05) is 27.7 Å². The maximum absolute atomic E-state index is 14.8. The Labute approximate surface area is 571 Å². The second kappa shape index (κ2) is 27.0. The highest BCUT2D eigenvalue weighted by Gasteiger charge is 2.33. The third kappa shape index (κ3) is 11.5. The fourth-order valence-corrected chi connectivity index (χ4v) is 16.3. The molecule has 0 saturated heterocycles. The molecule has 0 amide bonds. The van der Waals surface area contributed by atoms with Crippen LogP contribution < -0.4 is 0 Å². The molecule has 0 atom stereocenters. The zero-order valence-corrected chi connectivity index (χ0v) is 61.1. The van der Waals surface area contributed by atoms with E-state index in [1.165, 1.54) is 55.7 Å². The third-order valence-corrected chi connectivity index (χ3v) is 21.8. The topological polar surface area (TPSA) is 199 Å². The smallest absolute Gasteiger partial charge is 0.340 e. The summed E-state index contributed by atoms with van der Waals surface area (Å²) in [6.07, 6.45) is 7.41. The predicted octanol–water partition coefficient (Wildman–Crippen LogP) is 20.2. The molecule has 0 radical (unpaired) electrons. The van der Waals surface area contributed by atoms with Crippen molar-refractivity contribution in [3.63, 3.8) is 0 Å². The predicted molar refractivity (Wildman–Crippen MR) is 401 cm³/mol. The quantitative estimate of drug-likeness (QED) is 0.0456. The van der Waals surface area contributed by atoms with E-state index in [-0.39, 0.29) is 19.6 Å². The molecule has 0 unspecified atom stereocenters. The minimum absolute atomic E-state index is 0.159. The van der Waals surface area contributed by atoms with Gasteiger partial charge in [-0.15, -0.1) is 0 Å². The van der Waals surface area contributed by atoms with Crippen LogP contribution in [-0.2, 0) is 54.4 Å². The molecule has 0 aliphatic carbocycles. The molecule has 12 heterocycles.